The Morgan fingerprint density at radius 1 is 1.30 bits per heavy atom. The van der Waals surface area contributed by atoms with Crippen LogP contribution in [0.1, 0.15) is 38.2 Å². The van der Waals surface area contributed by atoms with Gasteiger partial charge in [-0.15, -0.1) is 0 Å². The van der Waals surface area contributed by atoms with E-state index in [4.69, 9.17) is 11.6 Å². The predicted octanol–water partition coefficient (Wildman–Crippen LogP) is 4.19. The minimum atomic E-state index is -0.146. The topological polar surface area (TPSA) is 41.1 Å². The molecule has 0 aromatic heterocycles. The van der Waals surface area contributed by atoms with Crippen LogP contribution < -0.4 is 10.6 Å². The van der Waals surface area contributed by atoms with Crippen molar-refractivity contribution in [1.82, 2.24) is 10.6 Å². The first-order valence-corrected chi connectivity index (χ1v) is 7.52. The second-order valence-corrected chi connectivity index (χ2v) is 5.75. The lowest BCUT2D eigenvalue weighted by Gasteiger charge is -2.29. The fourth-order valence-corrected chi connectivity index (χ4v) is 2.76. The normalized spacial score (nSPS) is 22.7. The lowest BCUT2D eigenvalue weighted by molar-refractivity contribution is 0.225. The van der Waals surface area contributed by atoms with Crippen molar-refractivity contribution in [3.8, 4) is 0 Å². The lowest BCUT2D eigenvalue weighted by Crippen LogP contribution is -2.44. The second-order valence-electron chi connectivity index (χ2n) is 5.34. The van der Waals surface area contributed by atoms with Crippen LogP contribution in [0.5, 0.6) is 0 Å². The quantitative estimate of drug-likeness (QED) is 0.862. The fourth-order valence-electron chi connectivity index (χ4n) is 2.56. The number of rotatable bonds is 3. The van der Waals surface area contributed by atoms with Gasteiger partial charge in [0.1, 0.15) is 0 Å². The van der Waals surface area contributed by atoms with Gasteiger partial charge in [0.25, 0.3) is 0 Å². The molecule has 1 aromatic rings. The van der Waals surface area contributed by atoms with E-state index < -0.39 is 0 Å². The van der Waals surface area contributed by atoms with E-state index in [1.807, 2.05) is 24.3 Å². The number of carbonyl (C=O) groups excluding carboxylic acids is 1. The first kappa shape index (κ1) is 14.9. The molecule has 108 valence electrons. The SMILES string of the molecule is CC1CCCCC1NC(=O)N/C=C/c1ccccc1Cl. The van der Waals surface area contributed by atoms with Crippen LogP contribution in [0.15, 0.2) is 30.5 Å². The van der Waals surface area contributed by atoms with Crippen LogP contribution in [0.3, 0.4) is 0 Å². The number of hydrogen-bond acceptors (Lipinski definition) is 1. The first-order valence-electron chi connectivity index (χ1n) is 7.15. The average Bonchev–Trinajstić information content (AvgIpc) is 2.43. The first-order chi connectivity index (χ1) is 9.66. The van der Waals surface area contributed by atoms with E-state index in [1.54, 1.807) is 12.3 Å². The summed E-state index contributed by atoms with van der Waals surface area (Å²) in [6.07, 6.45) is 8.16. The summed E-state index contributed by atoms with van der Waals surface area (Å²) in [6, 6.07) is 7.66. The maximum Gasteiger partial charge on any atom is 0.318 e. The molecule has 0 spiro atoms. The molecule has 20 heavy (non-hydrogen) atoms. The van der Waals surface area contributed by atoms with E-state index >= 15 is 0 Å². The van der Waals surface area contributed by atoms with Crippen molar-refractivity contribution < 1.29 is 4.79 Å². The van der Waals surface area contributed by atoms with Crippen molar-refractivity contribution in [1.29, 1.82) is 0 Å². The van der Waals surface area contributed by atoms with Crippen LogP contribution in [-0.2, 0) is 0 Å². The molecule has 2 unspecified atom stereocenters. The zero-order valence-corrected chi connectivity index (χ0v) is 12.5. The van der Waals surface area contributed by atoms with Gasteiger partial charge in [0.05, 0.1) is 0 Å². The molecule has 0 heterocycles. The molecule has 0 aliphatic heterocycles. The van der Waals surface area contributed by atoms with Crippen LogP contribution in [0.2, 0.25) is 5.02 Å². The molecule has 2 atom stereocenters. The summed E-state index contributed by atoms with van der Waals surface area (Å²) >= 11 is 6.03. The highest BCUT2D eigenvalue weighted by Crippen LogP contribution is 2.23. The third kappa shape index (κ3) is 4.27. The minimum Gasteiger partial charge on any atom is -0.335 e. The van der Waals surface area contributed by atoms with Crippen LogP contribution in [0.25, 0.3) is 6.08 Å². The highest BCUT2D eigenvalue weighted by Gasteiger charge is 2.22. The number of halogens is 1. The molecule has 2 N–H and O–H groups in total. The van der Waals surface area contributed by atoms with Crippen LogP contribution in [-0.4, -0.2) is 12.1 Å². The highest BCUT2D eigenvalue weighted by molar-refractivity contribution is 6.32. The van der Waals surface area contributed by atoms with Gasteiger partial charge in [0, 0.05) is 17.3 Å². The Hall–Kier alpha value is -1.48. The van der Waals surface area contributed by atoms with Crippen LogP contribution in [0, 0.1) is 5.92 Å². The summed E-state index contributed by atoms with van der Waals surface area (Å²) in [5, 5.41) is 6.45. The van der Waals surface area contributed by atoms with Crippen molar-refractivity contribution in [2.75, 3.05) is 0 Å². The smallest absolute Gasteiger partial charge is 0.318 e. The average molecular weight is 293 g/mol. The molecule has 1 aliphatic carbocycles. The van der Waals surface area contributed by atoms with Crippen molar-refractivity contribution in [3.63, 3.8) is 0 Å². The van der Waals surface area contributed by atoms with Gasteiger partial charge in [0.15, 0.2) is 0 Å². The van der Waals surface area contributed by atoms with Gasteiger partial charge >= 0.3 is 6.03 Å². The number of nitrogens with one attached hydrogen (secondary N) is 2. The molecular formula is C16H21ClN2O. The Morgan fingerprint density at radius 3 is 2.80 bits per heavy atom. The summed E-state index contributed by atoms with van der Waals surface area (Å²) in [6.45, 7) is 2.20. The van der Waals surface area contributed by atoms with Gasteiger partial charge in [-0.2, -0.15) is 0 Å². The fraction of sp³-hybridized carbons (Fsp3) is 0.438. The maximum atomic E-state index is 11.8. The molecule has 1 fully saturated rings. The van der Waals surface area contributed by atoms with Gasteiger partial charge in [-0.1, -0.05) is 49.6 Å². The largest absolute Gasteiger partial charge is 0.335 e. The standard InChI is InChI=1S/C16H21ClN2O/c1-12-6-2-5-9-15(12)19-16(20)18-11-10-13-7-3-4-8-14(13)17/h3-4,7-8,10-12,15H,2,5-6,9H2,1H3,(H2,18,19,20)/b11-10+. The Labute approximate surface area is 125 Å². The van der Waals surface area contributed by atoms with Gasteiger partial charge in [-0.05, 0) is 36.5 Å². The predicted molar refractivity (Wildman–Crippen MR) is 83.6 cm³/mol. The number of carbonyl (C=O) groups is 1. The lowest BCUT2D eigenvalue weighted by atomic mass is 9.86. The van der Waals surface area contributed by atoms with Gasteiger partial charge in [-0.3, -0.25) is 0 Å². The maximum absolute atomic E-state index is 11.8. The van der Waals surface area contributed by atoms with Crippen molar-refractivity contribution >= 4 is 23.7 Å². The zero-order valence-electron chi connectivity index (χ0n) is 11.7. The monoisotopic (exact) mass is 292 g/mol. The van der Waals surface area contributed by atoms with E-state index in [-0.39, 0.29) is 12.1 Å². The molecule has 2 rings (SSSR count). The summed E-state index contributed by atoms with van der Waals surface area (Å²) in [4.78, 5) is 11.8. The van der Waals surface area contributed by atoms with Crippen LogP contribution in [0.4, 0.5) is 4.79 Å². The Bertz CT molecular complexity index is 487. The van der Waals surface area contributed by atoms with E-state index in [2.05, 4.69) is 17.6 Å². The molecule has 0 bridgehead atoms. The molecule has 1 aromatic carbocycles. The summed E-state index contributed by atoms with van der Waals surface area (Å²) < 4.78 is 0. The van der Waals surface area contributed by atoms with E-state index in [0.29, 0.717) is 10.9 Å². The van der Waals surface area contributed by atoms with E-state index in [1.165, 1.54) is 19.3 Å². The van der Waals surface area contributed by atoms with Crippen molar-refractivity contribution in [2.24, 2.45) is 5.92 Å². The van der Waals surface area contributed by atoms with Crippen LogP contribution >= 0.6 is 11.6 Å². The molecule has 1 saturated carbocycles. The van der Waals surface area contributed by atoms with Gasteiger partial charge in [0.2, 0.25) is 0 Å². The number of hydrogen-bond donors (Lipinski definition) is 2. The van der Waals surface area contributed by atoms with Gasteiger partial charge < -0.3 is 10.6 Å². The highest BCUT2D eigenvalue weighted by atomic mass is 35.5. The third-order valence-electron chi connectivity index (χ3n) is 3.81. The molecule has 3 nitrogen and oxygen atoms in total. The summed E-state index contributed by atoms with van der Waals surface area (Å²) in [5.41, 5.74) is 0.889. The molecule has 4 heteroatoms. The Kier molecular flexibility index (Phi) is 5.48. The molecule has 0 saturated heterocycles. The van der Waals surface area contributed by atoms with Gasteiger partial charge in [-0.25, -0.2) is 4.79 Å². The molecule has 0 radical (unpaired) electrons. The number of amides is 2. The van der Waals surface area contributed by atoms with Crippen molar-refractivity contribution in [2.45, 2.75) is 38.6 Å². The zero-order chi connectivity index (χ0) is 14.4. The second kappa shape index (κ2) is 7.34. The molecular weight excluding hydrogens is 272 g/mol. The third-order valence-corrected chi connectivity index (χ3v) is 4.15. The Morgan fingerprint density at radius 2 is 2.05 bits per heavy atom. The summed E-state index contributed by atoms with van der Waals surface area (Å²) in [5.74, 6) is 0.557. The Balaban J connectivity index is 1.81. The molecule has 1 aliphatic rings. The van der Waals surface area contributed by atoms with E-state index in [0.717, 1.165) is 12.0 Å². The number of urea groups is 1. The number of benzene rings is 1. The molecule has 2 amide bonds. The van der Waals surface area contributed by atoms with Crippen molar-refractivity contribution in [3.05, 3.63) is 41.1 Å². The van der Waals surface area contributed by atoms with E-state index in [9.17, 15) is 4.79 Å². The summed E-state index contributed by atoms with van der Waals surface area (Å²) in [7, 11) is 0. The minimum absolute atomic E-state index is 0.146.